The molecule has 0 saturated carbocycles. The van der Waals surface area contributed by atoms with Crippen molar-refractivity contribution in [3.63, 3.8) is 0 Å². The molecule has 21 heavy (non-hydrogen) atoms. The lowest BCUT2D eigenvalue weighted by Crippen LogP contribution is -2.27. The molecule has 0 rings (SSSR count). The van der Waals surface area contributed by atoms with Crippen molar-refractivity contribution < 1.29 is 0 Å². The standard InChI is InChI=1S/C15H38N6/c16-6-1-8-18-10-3-12-20-14-5-15-21-13-4-11-19-9-2-7-17/h18-21H,1-17H2. The molecule has 0 aromatic carbocycles. The Morgan fingerprint density at radius 2 is 0.619 bits per heavy atom. The van der Waals surface area contributed by atoms with E-state index in [4.69, 9.17) is 11.5 Å². The van der Waals surface area contributed by atoms with E-state index in [2.05, 4.69) is 21.3 Å². The van der Waals surface area contributed by atoms with Gasteiger partial charge in [0.2, 0.25) is 0 Å². The zero-order chi connectivity index (χ0) is 15.4. The predicted molar refractivity (Wildman–Crippen MR) is 92.7 cm³/mol. The third-order valence-electron chi connectivity index (χ3n) is 3.24. The van der Waals surface area contributed by atoms with Crippen LogP contribution in [0.5, 0.6) is 0 Å². The number of hydrogen-bond acceptors (Lipinski definition) is 6. The SMILES string of the molecule is NCCCNCCCNCCCNCCCNCCCN. The van der Waals surface area contributed by atoms with Crippen LogP contribution in [0.4, 0.5) is 0 Å². The molecule has 0 amide bonds. The Bertz CT molecular complexity index is 162. The van der Waals surface area contributed by atoms with E-state index in [0.717, 1.165) is 78.3 Å². The Balaban J connectivity index is 2.90. The summed E-state index contributed by atoms with van der Waals surface area (Å²) in [5, 5.41) is 13.7. The highest BCUT2D eigenvalue weighted by atomic mass is 14.9. The predicted octanol–water partition coefficient (Wildman–Crippen LogP) is -0.787. The zero-order valence-electron chi connectivity index (χ0n) is 13.8. The van der Waals surface area contributed by atoms with Crippen molar-refractivity contribution in [3.05, 3.63) is 0 Å². The molecule has 6 nitrogen and oxygen atoms in total. The highest BCUT2D eigenvalue weighted by molar-refractivity contribution is 4.56. The normalized spacial score (nSPS) is 11.1. The average Bonchev–Trinajstić information content (AvgIpc) is 2.50. The fourth-order valence-corrected chi connectivity index (χ4v) is 1.97. The molecule has 128 valence electrons. The summed E-state index contributed by atoms with van der Waals surface area (Å²) in [6, 6.07) is 0. The van der Waals surface area contributed by atoms with Gasteiger partial charge < -0.3 is 32.7 Å². The van der Waals surface area contributed by atoms with Crippen molar-refractivity contribution in [1.82, 2.24) is 21.3 Å². The van der Waals surface area contributed by atoms with Crippen LogP contribution in [0.15, 0.2) is 0 Å². The van der Waals surface area contributed by atoms with Crippen LogP contribution in [-0.4, -0.2) is 65.4 Å². The first-order chi connectivity index (χ1) is 10.4. The molecule has 0 unspecified atom stereocenters. The van der Waals surface area contributed by atoms with Crippen LogP contribution in [0, 0.1) is 0 Å². The van der Waals surface area contributed by atoms with Gasteiger partial charge in [-0.05, 0) is 97.6 Å². The molecule has 6 heteroatoms. The van der Waals surface area contributed by atoms with E-state index in [1.54, 1.807) is 0 Å². The number of hydrogen-bond donors (Lipinski definition) is 6. The maximum Gasteiger partial charge on any atom is -0.00368 e. The molecule has 0 heterocycles. The van der Waals surface area contributed by atoms with Gasteiger partial charge in [-0.25, -0.2) is 0 Å². The van der Waals surface area contributed by atoms with Gasteiger partial charge in [0.1, 0.15) is 0 Å². The van der Waals surface area contributed by atoms with E-state index in [1.807, 2.05) is 0 Å². The minimum Gasteiger partial charge on any atom is -0.330 e. The van der Waals surface area contributed by atoms with Crippen LogP contribution in [-0.2, 0) is 0 Å². The summed E-state index contributed by atoms with van der Waals surface area (Å²) in [6.07, 6.45) is 5.71. The molecule has 8 N–H and O–H groups in total. The molecule has 0 aliphatic heterocycles. The molecule has 0 spiro atoms. The molecule has 0 fully saturated rings. The minimum absolute atomic E-state index is 0.780. The Labute approximate surface area is 131 Å². The summed E-state index contributed by atoms with van der Waals surface area (Å²) in [6.45, 7) is 10.2. The van der Waals surface area contributed by atoms with Gasteiger partial charge in [-0.2, -0.15) is 0 Å². The number of nitrogens with two attached hydrogens (primary N) is 2. The lowest BCUT2D eigenvalue weighted by Gasteiger charge is -2.07. The van der Waals surface area contributed by atoms with Crippen molar-refractivity contribution in [2.24, 2.45) is 11.5 Å². The van der Waals surface area contributed by atoms with Crippen LogP contribution in [0.25, 0.3) is 0 Å². The summed E-state index contributed by atoms with van der Waals surface area (Å²) >= 11 is 0. The van der Waals surface area contributed by atoms with Gasteiger partial charge in [0, 0.05) is 0 Å². The highest BCUT2D eigenvalue weighted by Gasteiger charge is 1.91. The summed E-state index contributed by atoms with van der Waals surface area (Å²) in [4.78, 5) is 0. The Morgan fingerprint density at radius 3 is 0.857 bits per heavy atom. The quantitative estimate of drug-likeness (QED) is 0.186. The lowest BCUT2D eigenvalue weighted by atomic mass is 10.3. The first-order valence-electron chi connectivity index (χ1n) is 8.64. The van der Waals surface area contributed by atoms with E-state index >= 15 is 0 Å². The maximum atomic E-state index is 5.43. The van der Waals surface area contributed by atoms with Gasteiger partial charge in [-0.1, -0.05) is 0 Å². The van der Waals surface area contributed by atoms with Crippen molar-refractivity contribution in [3.8, 4) is 0 Å². The summed E-state index contributed by atoms with van der Waals surface area (Å²) in [7, 11) is 0. The third-order valence-corrected chi connectivity index (χ3v) is 3.24. The van der Waals surface area contributed by atoms with E-state index in [1.165, 1.54) is 19.3 Å². The fraction of sp³-hybridized carbons (Fsp3) is 1.00. The van der Waals surface area contributed by atoms with Crippen LogP contribution >= 0.6 is 0 Å². The van der Waals surface area contributed by atoms with Gasteiger partial charge >= 0.3 is 0 Å². The van der Waals surface area contributed by atoms with Crippen LogP contribution < -0.4 is 32.7 Å². The van der Waals surface area contributed by atoms with Gasteiger partial charge in [0.05, 0.1) is 0 Å². The number of rotatable bonds is 18. The van der Waals surface area contributed by atoms with Crippen LogP contribution in [0.2, 0.25) is 0 Å². The minimum atomic E-state index is 0.780. The second kappa shape index (κ2) is 19.8. The Morgan fingerprint density at radius 1 is 0.381 bits per heavy atom. The molecular weight excluding hydrogens is 264 g/mol. The van der Waals surface area contributed by atoms with Gasteiger partial charge in [0.15, 0.2) is 0 Å². The van der Waals surface area contributed by atoms with Gasteiger partial charge in [0.25, 0.3) is 0 Å². The van der Waals surface area contributed by atoms with Crippen LogP contribution in [0.3, 0.4) is 0 Å². The Hall–Kier alpha value is -0.240. The average molecular weight is 303 g/mol. The van der Waals surface area contributed by atoms with Crippen molar-refractivity contribution >= 4 is 0 Å². The number of nitrogens with one attached hydrogen (secondary N) is 4. The summed E-state index contributed by atoms with van der Waals surface area (Å²) < 4.78 is 0. The van der Waals surface area contributed by atoms with Crippen molar-refractivity contribution in [2.45, 2.75) is 32.1 Å². The van der Waals surface area contributed by atoms with Crippen LogP contribution in [0.1, 0.15) is 32.1 Å². The highest BCUT2D eigenvalue weighted by Crippen LogP contribution is 1.80. The first kappa shape index (κ1) is 20.8. The van der Waals surface area contributed by atoms with E-state index in [9.17, 15) is 0 Å². The molecule has 0 bridgehead atoms. The topological polar surface area (TPSA) is 100 Å². The van der Waals surface area contributed by atoms with Gasteiger partial charge in [-0.15, -0.1) is 0 Å². The van der Waals surface area contributed by atoms with E-state index in [-0.39, 0.29) is 0 Å². The monoisotopic (exact) mass is 302 g/mol. The summed E-state index contributed by atoms with van der Waals surface area (Å²) in [5.74, 6) is 0. The largest absolute Gasteiger partial charge is 0.330 e. The molecular formula is C15H38N6. The van der Waals surface area contributed by atoms with Crippen molar-refractivity contribution in [2.75, 3.05) is 65.4 Å². The second-order valence-electron chi connectivity index (χ2n) is 5.35. The van der Waals surface area contributed by atoms with E-state index in [0.29, 0.717) is 0 Å². The van der Waals surface area contributed by atoms with Crippen molar-refractivity contribution in [1.29, 1.82) is 0 Å². The molecule has 0 atom stereocenters. The molecule has 0 aromatic rings. The molecule has 0 aliphatic carbocycles. The fourth-order valence-electron chi connectivity index (χ4n) is 1.97. The third kappa shape index (κ3) is 19.8. The smallest absolute Gasteiger partial charge is 0.00368 e. The van der Waals surface area contributed by atoms with Gasteiger partial charge in [-0.3, -0.25) is 0 Å². The molecule has 0 aromatic heterocycles. The molecule has 0 saturated heterocycles. The van der Waals surface area contributed by atoms with E-state index < -0.39 is 0 Å². The Kier molecular flexibility index (Phi) is 19.5. The second-order valence-corrected chi connectivity index (χ2v) is 5.35. The maximum absolute atomic E-state index is 5.43. The first-order valence-corrected chi connectivity index (χ1v) is 8.64. The summed E-state index contributed by atoms with van der Waals surface area (Å²) in [5.41, 5.74) is 10.9. The zero-order valence-corrected chi connectivity index (χ0v) is 13.8. The molecule has 0 radical (unpaired) electrons. The lowest BCUT2D eigenvalue weighted by molar-refractivity contribution is 0.548. The molecule has 0 aliphatic rings.